The smallest absolute Gasteiger partial charge is 0.335 e. The molecule has 0 unspecified atom stereocenters. The fourth-order valence-corrected chi connectivity index (χ4v) is 3.34. The topological polar surface area (TPSA) is 153 Å². The summed E-state index contributed by atoms with van der Waals surface area (Å²) < 4.78 is 26.8. The summed E-state index contributed by atoms with van der Waals surface area (Å²) in [5, 5.41) is 8.82. The van der Waals surface area contributed by atoms with Crippen LogP contribution in [0.3, 0.4) is 0 Å². The molecule has 0 saturated heterocycles. The molecule has 0 saturated carbocycles. The summed E-state index contributed by atoms with van der Waals surface area (Å²) in [6.07, 6.45) is -0.195. The number of carboxylic acids is 1. The molecular weight excluding hydrogens is 298 g/mol. The van der Waals surface area contributed by atoms with Gasteiger partial charge in [-0.15, -0.1) is 0 Å². The lowest BCUT2D eigenvalue weighted by atomic mass is 10.0. The summed E-state index contributed by atoms with van der Waals surface area (Å²) in [5.41, 5.74) is 9.23. The second kappa shape index (κ2) is 5.70. The van der Waals surface area contributed by atoms with Crippen molar-refractivity contribution in [3.05, 3.63) is 23.8 Å². The lowest BCUT2D eigenvalue weighted by molar-refractivity contribution is -0.119. The van der Waals surface area contributed by atoms with Gasteiger partial charge in [-0.05, 0) is 32.0 Å². The summed E-state index contributed by atoms with van der Waals surface area (Å²) >= 11 is 0. The molecule has 1 aromatic carbocycles. The van der Waals surface area contributed by atoms with E-state index >= 15 is 0 Å². The van der Waals surface area contributed by atoms with Gasteiger partial charge < -0.3 is 16.6 Å². The Balaban J connectivity index is 3.14. The van der Waals surface area contributed by atoms with Crippen molar-refractivity contribution in [2.75, 3.05) is 5.73 Å². The predicted octanol–water partition coefficient (Wildman–Crippen LogP) is -0.101. The number of hydrogen-bond acceptors (Lipinski definition) is 5. The van der Waals surface area contributed by atoms with Crippen LogP contribution in [0.2, 0.25) is 0 Å². The molecular formula is C12H17N3O5S. The van der Waals surface area contributed by atoms with Crippen LogP contribution >= 0.6 is 0 Å². The number of nitrogens with one attached hydrogen (secondary N) is 1. The van der Waals surface area contributed by atoms with Gasteiger partial charge in [0.2, 0.25) is 15.9 Å². The number of primary amides is 1. The lowest BCUT2D eigenvalue weighted by Crippen LogP contribution is -2.46. The SMILES string of the molecule is CC(C)(CC(N)=O)NS(=O)(=O)c1ccc(C(=O)O)cc1N. The highest BCUT2D eigenvalue weighted by atomic mass is 32.2. The zero-order valence-electron chi connectivity index (χ0n) is 11.6. The molecule has 1 amide bonds. The minimum Gasteiger partial charge on any atom is -0.478 e. The monoisotopic (exact) mass is 315 g/mol. The van der Waals surface area contributed by atoms with E-state index in [1.165, 1.54) is 13.8 Å². The molecule has 0 bridgehead atoms. The van der Waals surface area contributed by atoms with Crippen LogP contribution in [-0.2, 0) is 14.8 Å². The minimum absolute atomic E-state index is 0.122. The molecule has 21 heavy (non-hydrogen) atoms. The molecule has 0 aromatic heterocycles. The number of nitrogen functional groups attached to an aromatic ring is 1. The normalized spacial score (nSPS) is 12.1. The molecule has 0 atom stereocenters. The first-order valence-corrected chi connectivity index (χ1v) is 7.38. The summed E-state index contributed by atoms with van der Waals surface area (Å²) in [5.74, 6) is -1.87. The zero-order valence-corrected chi connectivity index (χ0v) is 12.4. The molecule has 1 rings (SSSR count). The maximum Gasteiger partial charge on any atom is 0.335 e. The Morgan fingerprint density at radius 3 is 2.33 bits per heavy atom. The van der Waals surface area contributed by atoms with E-state index in [1.807, 2.05) is 0 Å². The number of sulfonamides is 1. The number of hydrogen-bond donors (Lipinski definition) is 4. The van der Waals surface area contributed by atoms with E-state index in [1.54, 1.807) is 0 Å². The number of benzene rings is 1. The first-order chi connectivity index (χ1) is 9.44. The predicted molar refractivity (Wildman–Crippen MR) is 76.0 cm³/mol. The van der Waals surface area contributed by atoms with Gasteiger partial charge >= 0.3 is 5.97 Å². The van der Waals surface area contributed by atoms with E-state index in [9.17, 15) is 18.0 Å². The van der Waals surface area contributed by atoms with Crippen LogP contribution in [0, 0.1) is 0 Å². The van der Waals surface area contributed by atoms with Gasteiger partial charge in [-0.1, -0.05) is 0 Å². The van der Waals surface area contributed by atoms with Crippen LogP contribution in [0.4, 0.5) is 5.69 Å². The molecule has 116 valence electrons. The number of carboxylic acid groups (broad SMARTS) is 1. The Labute approximate surface area is 122 Å². The molecule has 9 heteroatoms. The molecule has 0 spiro atoms. The van der Waals surface area contributed by atoms with Crippen molar-refractivity contribution in [2.24, 2.45) is 5.73 Å². The third-order valence-electron chi connectivity index (χ3n) is 2.57. The number of rotatable bonds is 6. The van der Waals surface area contributed by atoms with E-state index in [0.29, 0.717) is 0 Å². The third kappa shape index (κ3) is 4.43. The molecule has 0 radical (unpaired) electrons. The van der Waals surface area contributed by atoms with Crippen molar-refractivity contribution >= 4 is 27.6 Å². The Hall–Kier alpha value is -2.13. The molecule has 0 fully saturated rings. The lowest BCUT2D eigenvalue weighted by Gasteiger charge is -2.24. The van der Waals surface area contributed by atoms with Crippen LogP contribution < -0.4 is 16.2 Å². The average Bonchev–Trinajstić information content (AvgIpc) is 2.24. The van der Waals surface area contributed by atoms with Crippen molar-refractivity contribution in [2.45, 2.75) is 30.7 Å². The van der Waals surface area contributed by atoms with Gasteiger partial charge in [-0.2, -0.15) is 0 Å². The number of aromatic carboxylic acids is 1. The Morgan fingerprint density at radius 2 is 1.90 bits per heavy atom. The van der Waals surface area contributed by atoms with Gasteiger partial charge in [0.1, 0.15) is 4.90 Å². The van der Waals surface area contributed by atoms with Crippen molar-refractivity contribution in [3.63, 3.8) is 0 Å². The van der Waals surface area contributed by atoms with Crippen molar-refractivity contribution < 1.29 is 23.1 Å². The first-order valence-electron chi connectivity index (χ1n) is 5.90. The minimum atomic E-state index is -4.01. The molecule has 6 N–H and O–H groups in total. The van der Waals surface area contributed by atoms with E-state index < -0.39 is 27.4 Å². The highest BCUT2D eigenvalue weighted by Gasteiger charge is 2.29. The van der Waals surface area contributed by atoms with Gasteiger partial charge in [-0.3, -0.25) is 4.79 Å². The van der Waals surface area contributed by atoms with Crippen LogP contribution in [0.25, 0.3) is 0 Å². The van der Waals surface area contributed by atoms with E-state index in [0.717, 1.165) is 18.2 Å². The van der Waals surface area contributed by atoms with Crippen molar-refractivity contribution in [1.29, 1.82) is 0 Å². The zero-order chi connectivity index (χ0) is 16.4. The molecule has 0 aliphatic heterocycles. The first kappa shape index (κ1) is 16.9. The maximum atomic E-state index is 12.2. The Morgan fingerprint density at radius 1 is 1.33 bits per heavy atom. The quantitative estimate of drug-likeness (QED) is 0.538. The highest BCUT2D eigenvalue weighted by molar-refractivity contribution is 7.89. The molecule has 1 aromatic rings. The summed E-state index contributed by atoms with van der Waals surface area (Å²) in [4.78, 5) is 21.5. The number of carbonyl (C=O) groups excluding carboxylic acids is 1. The largest absolute Gasteiger partial charge is 0.478 e. The summed E-state index contributed by atoms with van der Waals surface area (Å²) in [6.45, 7) is 2.99. The van der Waals surface area contributed by atoms with E-state index in [2.05, 4.69) is 4.72 Å². The van der Waals surface area contributed by atoms with Gasteiger partial charge in [0, 0.05) is 12.0 Å². The Kier molecular flexibility index (Phi) is 4.59. The van der Waals surface area contributed by atoms with E-state index in [4.69, 9.17) is 16.6 Å². The van der Waals surface area contributed by atoms with E-state index in [-0.39, 0.29) is 22.6 Å². The second-order valence-electron chi connectivity index (χ2n) is 5.19. The molecule has 8 nitrogen and oxygen atoms in total. The molecule has 0 heterocycles. The number of amides is 1. The maximum absolute atomic E-state index is 12.2. The van der Waals surface area contributed by atoms with Gasteiger partial charge in [0.15, 0.2) is 0 Å². The van der Waals surface area contributed by atoms with Gasteiger partial charge in [0.05, 0.1) is 11.3 Å². The second-order valence-corrected chi connectivity index (χ2v) is 6.84. The van der Waals surface area contributed by atoms with Gasteiger partial charge in [0.25, 0.3) is 0 Å². The fraction of sp³-hybridized carbons (Fsp3) is 0.333. The number of nitrogens with two attached hydrogens (primary N) is 2. The molecule has 0 aliphatic carbocycles. The van der Waals surface area contributed by atoms with Crippen LogP contribution in [0.1, 0.15) is 30.6 Å². The highest BCUT2D eigenvalue weighted by Crippen LogP contribution is 2.22. The van der Waals surface area contributed by atoms with Crippen molar-refractivity contribution in [3.8, 4) is 0 Å². The van der Waals surface area contributed by atoms with Gasteiger partial charge in [-0.25, -0.2) is 17.9 Å². The summed E-state index contributed by atoms with van der Waals surface area (Å²) in [6, 6.07) is 3.29. The number of carbonyl (C=O) groups is 2. The Bertz CT molecular complexity index is 682. The standard InChI is InChI=1S/C12H17N3O5S/c1-12(2,6-10(14)16)15-21(19,20)9-4-3-7(11(17)18)5-8(9)13/h3-5,15H,6,13H2,1-2H3,(H2,14,16)(H,17,18). The fourth-order valence-electron chi connectivity index (χ4n) is 1.82. The van der Waals surface area contributed by atoms with Crippen LogP contribution in [0.15, 0.2) is 23.1 Å². The van der Waals surface area contributed by atoms with Crippen molar-refractivity contribution in [1.82, 2.24) is 4.72 Å². The van der Waals surface area contributed by atoms with Crippen LogP contribution in [-0.4, -0.2) is 30.9 Å². The molecule has 0 aliphatic rings. The number of anilines is 1. The van der Waals surface area contributed by atoms with Crippen LogP contribution in [0.5, 0.6) is 0 Å². The average molecular weight is 315 g/mol. The summed E-state index contributed by atoms with van der Waals surface area (Å²) in [7, 11) is -4.01. The third-order valence-corrected chi connectivity index (χ3v) is 4.35.